The van der Waals surface area contributed by atoms with Gasteiger partial charge in [-0.05, 0) is 33.3 Å². The first-order chi connectivity index (χ1) is 10.8. The van der Waals surface area contributed by atoms with Gasteiger partial charge in [-0.3, -0.25) is 0 Å². The van der Waals surface area contributed by atoms with E-state index >= 15 is 0 Å². The van der Waals surface area contributed by atoms with E-state index in [-0.39, 0.29) is 30.5 Å². The zero-order valence-electron chi connectivity index (χ0n) is 14.0. The molecule has 0 bridgehead atoms. The van der Waals surface area contributed by atoms with Crippen molar-refractivity contribution in [2.75, 3.05) is 6.61 Å². The molecule has 0 spiro atoms. The molecule has 0 saturated carbocycles. The molecule has 3 aliphatic heterocycles. The van der Waals surface area contributed by atoms with E-state index in [2.05, 4.69) is 12.1 Å². The SMILES string of the molecule is CC1(C)OCC([C@H]2O[C@H](c3ccccc3)[C@H]3OC(C)(C)O[C@H]32)O1. The van der Waals surface area contributed by atoms with Crippen molar-refractivity contribution in [1.82, 2.24) is 0 Å². The third kappa shape index (κ3) is 2.81. The van der Waals surface area contributed by atoms with Gasteiger partial charge in [0, 0.05) is 0 Å². The van der Waals surface area contributed by atoms with Gasteiger partial charge in [0.05, 0.1) is 6.61 Å². The van der Waals surface area contributed by atoms with Crippen molar-refractivity contribution < 1.29 is 23.7 Å². The second-order valence-corrected chi connectivity index (χ2v) is 7.36. The summed E-state index contributed by atoms with van der Waals surface area (Å²) < 4.78 is 30.3. The maximum absolute atomic E-state index is 6.33. The molecule has 0 aromatic heterocycles. The van der Waals surface area contributed by atoms with Crippen molar-refractivity contribution in [3.8, 4) is 0 Å². The third-order valence-corrected chi connectivity index (χ3v) is 4.61. The second kappa shape index (κ2) is 5.26. The topological polar surface area (TPSA) is 46.2 Å². The summed E-state index contributed by atoms with van der Waals surface area (Å²) in [7, 11) is 0. The molecule has 5 nitrogen and oxygen atoms in total. The minimum Gasteiger partial charge on any atom is -0.362 e. The molecule has 1 aromatic carbocycles. The van der Waals surface area contributed by atoms with Gasteiger partial charge in [-0.25, -0.2) is 0 Å². The van der Waals surface area contributed by atoms with Crippen LogP contribution in [0.3, 0.4) is 0 Å². The van der Waals surface area contributed by atoms with E-state index < -0.39 is 11.6 Å². The van der Waals surface area contributed by atoms with E-state index in [1.807, 2.05) is 45.9 Å². The number of fused-ring (bicyclic) bond motifs is 1. The molecule has 5 atom stereocenters. The first kappa shape index (κ1) is 15.5. The molecular formula is C18H24O5. The molecule has 0 aliphatic carbocycles. The van der Waals surface area contributed by atoms with Crippen LogP contribution in [0.25, 0.3) is 0 Å². The number of benzene rings is 1. The summed E-state index contributed by atoms with van der Waals surface area (Å²) in [6, 6.07) is 10.2. The molecule has 0 radical (unpaired) electrons. The molecule has 4 rings (SSSR count). The molecule has 0 N–H and O–H groups in total. The smallest absolute Gasteiger partial charge is 0.164 e. The Kier molecular flexibility index (Phi) is 3.55. The monoisotopic (exact) mass is 320 g/mol. The standard InChI is InChI=1S/C18H24O5/c1-17(2)19-10-12(21-17)14-16-15(22-18(3,4)23-16)13(20-14)11-8-6-5-7-9-11/h5-9,12-16H,10H2,1-4H3/t12?,13-,14-,15-,16+/m1/s1. The fraction of sp³-hybridized carbons (Fsp3) is 0.667. The number of ether oxygens (including phenoxy) is 5. The summed E-state index contributed by atoms with van der Waals surface area (Å²) in [6.07, 6.45) is -0.792. The van der Waals surface area contributed by atoms with E-state index in [0.717, 1.165) is 5.56 Å². The van der Waals surface area contributed by atoms with Gasteiger partial charge in [0.25, 0.3) is 0 Å². The molecule has 0 amide bonds. The van der Waals surface area contributed by atoms with Crippen molar-refractivity contribution in [2.45, 2.75) is 69.8 Å². The molecular weight excluding hydrogens is 296 g/mol. The molecule has 3 saturated heterocycles. The lowest BCUT2D eigenvalue weighted by atomic mass is 10.00. The van der Waals surface area contributed by atoms with Crippen LogP contribution in [0, 0.1) is 0 Å². The van der Waals surface area contributed by atoms with Crippen molar-refractivity contribution in [1.29, 1.82) is 0 Å². The number of rotatable bonds is 2. The van der Waals surface area contributed by atoms with Crippen LogP contribution < -0.4 is 0 Å². The quantitative estimate of drug-likeness (QED) is 0.838. The summed E-state index contributed by atoms with van der Waals surface area (Å²) in [5, 5.41) is 0. The van der Waals surface area contributed by atoms with Gasteiger partial charge < -0.3 is 23.7 Å². The van der Waals surface area contributed by atoms with Gasteiger partial charge in [0.2, 0.25) is 0 Å². The minimum absolute atomic E-state index is 0.135. The normalized spacial score (nSPS) is 41.1. The largest absolute Gasteiger partial charge is 0.362 e. The zero-order valence-corrected chi connectivity index (χ0v) is 14.0. The van der Waals surface area contributed by atoms with Crippen molar-refractivity contribution >= 4 is 0 Å². The molecule has 23 heavy (non-hydrogen) atoms. The van der Waals surface area contributed by atoms with Crippen molar-refractivity contribution in [3.05, 3.63) is 35.9 Å². The summed E-state index contributed by atoms with van der Waals surface area (Å²) in [6.45, 7) is 8.24. The van der Waals surface area contributed by atoms with Gasteiger partial charge in [-0.15, -0.1) is 0 Å². The van der Waals surface area contributed by atoms with Crippen LogP contribution in [-0.2, 0) is 23.7 Å². The highest BCUT2D eigenvalue weighted by Gasteiger charge is 2.59. The zero-order chi connectivity index (χ0) is 16.2. The Labute approximate surface area is 136 Å². The van der Waals surface area contributed by atoms with E-state index in [4.69, 9.17) is 23.7 Å². The first-order valence-electron chi connectivity index (χ1n) is 8.22. The molecule has 3 fully saturated rings. The van der Waals surface area contributed by atoms with Crippen molar-refractivity contribution in [3.63, 3.8) is 0 Å². The Bertz CT molecular complexity index is 570. The van der Waals surface area contributed by atoms with Gasteiger partial charge in [-0.1, -0.05) is 30.3 Å². The maximum Gasteiger partial charge on any atom is 0.164 e. The Hall–Kier alpha value is -0.980. The van der Waals surface area contributed by atoms with Crippen LogP contribution in [0.5, 0.6) is 0 Å². The molecule has 126 valence electrons. The van der Waals surface area contributed by atoms with Crippen LogP contribution in [0.15, 0.2) is 30.3 Å². The Morgan fingerprint density at radius 2 is 1.52 bits per heavy atom. The van der Waals surface area contributed by atoms with Gasteiger partial charge in [0.1, 0.15) is 30.5 Å². The third-order valence-electron chi connectivity index (χ3n) is 4.61. The second-order valence-electron chi connectivity index (χ2n) is 7.36. The Morgan fingerprint density at radius 1 is 0.826 bits per heavy atom. The lowest BCUT2D eigenvalue weighted by Gasteiger charge is -2.27. The molecule has 5 heteroatoms. The van der Waals surface area contributed by atoms with E-state index in [1.54, 1.807) is 0 Å². The average molecular weight is 320 g/mol. The highest BCUT2D eigenvalue weighted by atomic mass is 16.8. The lowest BCUT2D eigenvalue weighted by Crippen LogP contribution is -2.40. The lowest BCUT2D eigenvalue weighted by molar-refractivity contribution is -0.207. The molecule has 1 aromatic rings. The number of hydrogen-bond acceptors (Lipinski definition) is 5. The van der Waals surface area contributed by atoms with Crippen LogP contribution >= 0.6 is 0 Å². The van der Waals surface area contributed by atoms with Gasteiger partial charge in [-0.2, -0.15) is 0 Å². The summed E-state index contributed by atoms with van der Waals surface area (Å²) in [5.74, 6) is -1.19. The molecule has 1 unspecified atom stereocenters. The van der Waals surface area contributed by atoms with E-state index in [1.165, 1.54) is 0 Å². The predicted octanol–water partition coefficient (Wildman–Crippen LogP) is 2.80. The summed E-state index contributed by atoms with van der Waals surface area (Å²) in [4.78, 5) is 0. The molecule has 3 heterocycles. The highest BCUT2D eigenvalue weighted by Crippen LogP contribution is 2.47. The fourth-order valence-corrected chi connectivity index (χ4v) is 3.72. The van der Waals surface area contributed by atoms with E-state index in [0.29, 0.717) is 6.61 Å². The van der Waals surface area contributed by atoms with Gasteiger partial charge in [0.15, 0.2) is 11.6 Å². The maximum atomic E-state index is 6.33. The Morgan fingerprint density at radius 3 is 2.17 bits per heavy atom. The first-order valence-corrected chi connectivity index (χ1v) is 8.22. The minimum atomic E-state index is -0.612. The predicted molar refractivity (Wildman–Crippen MR) is 82.8 cm³/mol. The van der Waals surface area contributed by atoms with Gasteiger partial charge >= 0.3 is 0 Å². The van der Waals surface area contributed by atoms with Crippen LogP contribution in [0.4, 0.5) is 0 Å². The summed E-state index contributed by atoms with van der Waals surface area (Å²) in [5.41, 5.74) is 1.10. The van der Waals surface area contributed by atoms with Crippen LogP contribution in [0.1, 0.15) is 39.4 Å². The van der Waals surface area contributed by atoms with E-state index in [9.17, 15) is 0 Å². The average Bonchev–Trinajstić information content (AvgIpc) is 3.10. The van der Waals surface area contributed by atoms with Crippen LogP contribution in [-0.4, -0.2) is 42.6 Å². The van der Waals surface area contributed by atoms with Crippen LogP contribution in [0.2, 0.25) is 0 Å². The highest BCUT2D eigenvalue weighted by molar-refractivity contribution is 5.22. The van der Waals surface area contributed by atoms with Crippen molar-refractivity contribution in [2.24, 2.45) is 0 Å². The molecule has 3 aliphatic rings. The number of hydrogen-bond donors (Lipinski definition) is 0. The summed E-state index contributed by atoms with van der Waals surface area (Å²) >= 11 is 0. The Balaban J connectivity index is 1.61. The fourth-order valence-electron chi connectivity index (χ4n) is 3.72.